The molecular formula is C17H28Cl2N4O3. The number of halogens is 2. The average molecular weight is 407 g/mol. The third kappa shape index (κ3) is 9.24. The van der Waals surface area contributed by atoms with Crippen LogP contribution < -0.4 is 10.6 Å². The van der Waals surface area contributed by atoms with Gasteiger partial charge in [0.2, 0.25) is 6.41 Å². The van der Waals surface area contributed by atoms with Gasteiger partial charge in [0.15, 0.2) is 0 Å². The molecule has 0 unspecified atom stereocenters. The van der Waals surface area contributed by atoms with Gasteiger partial charge in [-0.2, -0.15) is 0 Å². The lowest BCUT2D eigenvalue weighted by Crippen LogP contribution is -2.44. The smallest absolute Gasteiger partial charge is 0.410 e. The molecular weight excluding hydrogens is 379 g/mol. The van der Waals surface area contributed by atoms with E-state index in [9.17, 15) is 9.59 Å². The molecule has 1 fully saturated rings. The highest BCUT2D eigenvalue weighted by atomic mass is 35.5. The third-order valence-corrected chi connectivity index (χ3v) is 3.88. The summed E-state index contributed by atoms with van der Waals surface area (Å²) >= 11 is 0. The number of amides is 2. The molecule has 2 amide bonds. The highest BCUT2D eigenvalue weighted by molar-refractivity contribution is 5.85. The Morgan fingerprint density at radius 2 is 1.50 bits per heavy atom. The van der Waals surface area contributed by atoms with Crippen LogP contribution in [0, 0.1) is 0 Å². The zero-order valence-electron chi connectivity index (χ0n) is 14.8. The maximum atomic E-state index is 12.3. The van der Waals surface area contributed by atoms with Gasteiger partial charge in [-0.25, -0.2) is 4.79 Å². The summed E-state index contributed by atoms with van der Waals surface area (Å²) in [7, 11) is 0. The van der Waals surface area contributed by atoms with Gasteiger partial charge in [-0.3, -0.25) is 4.79 Å². The molecule has 1 aromatic carbocycles. The second-order valence-corrected chi connectivity index (χ2v) is 5.67. The van der Waals surface area contributed by atoms with Gasteiger partial charge >= 0.3 is 6.09 Å². The Morgan fingerprint density at radius 1 is 0.962 bits per heavy atom. The number of nitrogens with one attached hydrogen (secondary N) is 2. The molecule has 2 rings (SSSR count). The molecule has 2 N–H and O–H groups in total. The van der Waals surface area contributed by atoms with Crippen molar-refractivity contribution in [2.75, 3.05) is 52.4 Å². The maximum absolute atomic E-state index is 12.3. The van der Waals surface area contributed by atoms with Crippen LogP contribution in [0.3, 0.4) is 0 Å². The van der Waals surface area contributed by atoms with Crippen LogP contribution in [0.1, 0.15) is 5.56 Å². The van der Waals surface area contributed by atoms with E-state index in [1.807, 2.05) is 30.3 Å². The average Bonchev–Trinajstić information content (AvgIpc) is 2.61. The largest absolute Gasteiger partial charge is 0.445 e. The van der Waals surface area contributed by atoms with Crippen molar-refractivity contribution in [1.29, 1.82) is 0 Å². The molecule has 1 aromatic rings. The molecule has 26 heavy (non-hydrogen) atoms. The quantitative estimate of drug-likeness (QED) is 0.735. The number of carbonyl (C=O) groups excluding carboxylic acids is 2. The summed E-state index contributed by atoms with van der Waals surface area (Å²) in [4.78, 5) is 26.6. The monoisotopic (exact) mass is 406 g/mol. The van der Waals surface area contributed by atoms with E-state index in [0.717, 1.165) is 12.0 Å². The number of nitrogens with zero attached hydrogens (tertiary/aromatic N) is 2. The minimum absolute atomic E-state index is 0. The summed E-state index contributed by atoms with van der Waals surface area (Å²) in [6, 6.07) is 9.66. The molecule has 0 spiro atoms. The van der Waals surface area contributed by atoms with E-state index in [-0.39, 0.29) is 37.5 Å². The Hall–Kier alpha value is -1.54. The minimum Gasteiger partial charge on any atom is -0.445 e. The predicted molar refractivity (Wildman–Crippen MR) is 106 cm³/mol. The van der Waals surface area contributed by atoms with Crippen LogP contribution in [0.5, 0.6) is 0 Å². The summed E-state index contributed by atoms with van der Waals surface area (Å²) in [5, 5.41) is 6.51. The van der Waals surface area contributed by atoms with E-state index >= 15 is 0 Å². The van der Waals surface area contributed by atoms with E-state index < -0.39 is 0 Å². The van der Waals surface area contributed by atoms with Crippen molar-refractivity contribution in [3.8, 4) is 0 Å². The van der Waals surface area contributed by atoms with Crippen LogP contribution in [-0.4, -0.2) is 74.7 Å². The number of carbonyl (C=O) groups is 2. The Bertz CT molecular complexity index is 494. The third-order valence-electron chi connectivity index (χ3n) is 3.88. The number of hydrogen-bond donors (Lipinski definition) is 2. The highest BCUT2D eigenvalue weighted by Gasteiger charge is 2.15. The number of benzene rings is 1. The van der Waals surface area contributed by atoms with Gasteiger partial charge in [0, 0.05) is 52.4 Å². The van der Waals surface area contributed by atoms with Crippen molar-refractivity contribution in [1.82, 2.24) is 20.4 Å². The molecule has 7 nitrogen and oxygen atoms in total. The molecule has 0 aliphatic carbocycles. The lowest BCUT2D eigenvalue weighted by molar-refractivity contribution is -0.118. The molecule has 1 heterocycles. The SMILES string of the molecule is Cl.Cl.O=CN1CCNCCN(C(=O)OCc2ccccc2)CCNCC1. The van der Waals surface area contributed by atoms with Crippen LogP contribution in [0.4, 0.5) is 4.79 Å². The first kappa shape index (κ1) is 24.5. The lowest BCUT2D eigenvalue weighted by atomic mass is 10.2. The number of ether oxygens (including phenoxy) is 1. The van der Waals surface area contributed by atoms with E-state index in [2.05, 4.69) is 10.6 Å². The van der Waals surface area contributed by atoms with Crippen molar-refractivity contribution in [3.05, 3.63) is 35.9 Å². The maximum Gasteiger partial charge on any atom is 0.410 e. The molecule has 0 saturated carbocycles. The van der Waals surface area contributed by atoms with Gasteiger partial charge in [0.25, 0.3) is 0 Å². The summed E-state index contributed by atoms with van der Waals surface area (Å²) in [6.07, 6.45) is 0.580. The zero-order valence-corrected chi connectivity index (χ0v) is 16.4. The normalized spacial score (nSPS) is 16.2. The Morgan fingerprint density at radius 3 is 2.04 bits per heavy atom. The number of rotatable bonds is 3. The van der Waals surface area contributed by atoms with Crippen molar-refractivity contribution in [2.24, 2.45) is 0 Å². The summed E-state index contributed by atoms with van der Waals surface area (Å²) in [5.74, 6) is 0. The van der Waals surface area contributed by atoms with Gasteiger partial charge in [-0.05, 0) is 5.56 Å². The molecule has 1 aliphatic rings. The molecule has 0 bridgehead atoms. The number of hydrogen-bond acceptors (Lipinski definition) is 5. The van der Waals surface area contributed by atoms with E-state index in [0.29, 0.717) is 52.4 Å². The van der Waals surface area contributed by atoms with Crippen molar-refractivity contribution in [2.45, 2.75) is 6.61 Å². The minimum atomic E-state index is -0.297. The first-order valence-electron chi connectivity index (χ1n) is 8.36. The topological polar surface area (TPSA) is 73.9 Å². The van der Waals surface area contributed by atoms with Crippen LogP contribution >= 0.6 is 24.8 Å². The Balaban J connectivity index is 0.00000312. The second kappa shape index (κ2) is 14.6. The molecule has 1 aliphatic heterocycles. The van der Waals surface area contributed by atoms with Crippen molar-refractivity contribution in [3.63, 3.8) is 0 Å². The fourth-order valence-corrected chi connectivity index (χ4v) is 2.45. The van der Waals surface area contributed by atoms with E-state index in [4.69, 9.17) is 4.74 Å². The molecule has 0 atom stereocenters. The van der Waals surface area contributed by atoms with Crippen LogP contribution in [0.15, 0.2) is 30.3 Å². The van der Waals surface area contributed by atoms with Crippen LogP contribution in [0.2, 0.25) is 0 Å². The molecule has 9 heteroatoms. The first-order valence-corrected chi connectivity index (χ1v) is 8.36. The van der Waals surface area contributed by atoms with Gasteiger partial charge in [0.1, 0.15) is 6.61 Å². The second-order valence-electron chi connectivity index (χ2n) is 5.67. The lowest BCUT2D eigenvalue weighted by Gasteiger charge is -2.25. The zero-order chi connectivity index (χ0) is 17.0. The molecule has 1 saturated heterocycles. The van der Waals surface area contributed by atoms with E-state index in [1.165, 1.54) is 0 Å². The van der Waals surface area contributed by atoms with Crippen LogP contribution in [-0.2, 0) is 16.1 Å². The standard InChI is InChI=1S/C17H26N4O3.2ClH/c22-15-20-10-6-18-8-12-21(13-9-19-7-11-20)17(23)24-14-16-4-2-1-3-5-16;;/h1-5,15,18-19H,6-14H2;2*1H. The summed E-state index contributed by atoms with van der Waals surface area (Å²) in [6.45, 7) is 5.56. The summed E-state index contributed by atoms with van der Waals surface area (Å²) < 4.78 is 5.40. The van der Waals surface area contributed by atoms with Crippen LogP contribution in [0.25, 0.3) is 0 Å². The van der Waals surface area contributed by atoms with E-state index in [1.54, 1.807) is 9.80 Å². The molecule has 0 aromatic heterocycles. The molecule has 0 radical (unpaired) electrons. The van der Waals surface area contributed by atoms with Crippen molar-refractivity contribution >= 4 is 37.3 Å². The molecule has 148 valence electrons. The van der Waals surface area contributed by atoms with Gasteiger partial charge < -0.3 is 25.2 Å². The van der Waals surface area contributed by atoms with Gasteiger partial charge in [0.05, 0.1) is 0 Å². The van der Waals surface area contributed by atoms with Crippen molar-refractivity contribution < 1.29 is 14.3 Å². The first-order chi connectivity index (χ1) is 11.8. The Kier molecular flexibility index (Phi) is 13.7. The predicted octanol–water partition coefficient (Wildman–Crippen LogP) is 1.12. The Labute approximate surface area is 167 Å². The summed E-state index contributed by atoms with van der Waals surface area (Å²) in [5.41, 5.74) is 0.977. The van der Waals surface area contributed by atoms with Gasteiger partial charge in [-0.1, -0.05) is 30.3 Å². The van der Waals surface area contributed by atoms with Gasteiger partial charge in [-0.15, -0.1) is 24.8 Å². The fraction of sp³-hybridized carbons (Fsp3) is 0.529. The highest BCUT2D eigenvalue weighted by Crippen LogP contribution is 2.03. The fourth-order valence-electron chi connectivity index (χ4n) is 2.45.